The Morgan fingerprint density at radius 3 is 2.36 bits per heavy atom. The molecule has 1 aromatic heterocycles. The zero-order valence-electron chi connectivity index (χ0n) is 14.9. The molecule has 0 aliphatic rings. The maximum Gasteiger partial charge on any atom is 0.270 e. The molecule has 3 rings (SSSR count). The van der Waals surface area contributed by atoms with Crippen LogP contribution in [0.3, 0.4) is 0 Å². The molecule has 0 aliphatic heterocycles. The third kappa shape index (κ3) is 4.31. The van der Waals surface area contributed by atoms with Gasteiger partial charge in [0.1, 0.15) is 17.3 Å². The standard InChI is InChI=1S/C21H17F3N2O2/c1-12-3-2-4-17(25-12)21(28)26-19(16-11-15(22)9-10-18(16)27)13-5-7-14(8-6-13)20(23)24/h2-11,19-20,27H,1H3,(H,26,28)/t19-/m1/s1. The Kier molecular flexibility index (Phi) is 5.63. The second-order valence-corrected chi connectivity index (χ2v) is 6.24. The number of phenols is 1. The molecule has 7 heteroatoms. The lowest BCUT2D eigenvalue weighted by Gasteiger charge is -2.21. The van der Waals surface area contributed by atoms with E-state index < -0.39 is 24.2 Å². The SMILES string of the molecule is Cc1cccc(C(=O)N[C@H](c2ccc(C(F)F)cc2)c2cc(F)ccc2O)n1. The molecular formula is C21H17F3N2O2. The minimum Gasteiger partial charge on any atom is -0.508 e. The molecule has 28 heavy (non-hydrogen) atoms. The van der Waals surface area contributed by atoms with Crippen molar-refractivity contribution in [3.63, 3.8) is 0 Å². The van der Waals surface area contributed by atoms with Gasteiger partial charge in [-0.25, -0.2) is 18.2 Å². The van der Waals surface area contributed by atoms with Gasteiger partial charge in [-0.1, -0.05) is 30.3 Å². The van der Waals surface area contributed by atoms with E-state index >= 15 is 0 Å². The molecule has 4 nitrogen and oxygen atoms in total. The Morgan fingerprint density at radius 1 is 1.04 bits per heavy atom. The van der Waals surface area contributed by atoms with Crippen LogP contribution >= 0.6 is 0 Å². The van der Waals surface area contributed by atoms with Gasteiger partial charge in [0.2, 0.25) is 0 Å². The highest BCUT2D eigenvalue weighted by molar-refractivity contribution is 5.92. The minimum atomic E-state index is -2.64. The number of aryl methyl sites for hydroxylation is 1. The number of benzene rings is 2. The topological polar surface area (TPSA) is 62.2 Å². The van der Waals surface area contributed by atoms with Crippen LogP contribution in [0.5, 0.6) is 5.75 Å². The highest BCUT2D eigenvalue weighted by Crippen LogP contribution is 2.31. The number of rotatable bonds is 5. The first-order valence-electron chi connectivity index (χ1n) is 8.46. The summed E-state index contributed by atoms with van der Waals surface area (Å²) < 4.78 is 39.5. The number of hydrogen-bond acceptors (Lipinski definition) is 3. The number of aromatic hydroxyl groups is 1. The van der Waals surface area contributed by atoms with Crippen LogP contribution in [0.1, 0.15) is 45.3 Å². The van der Waals surface area contributed by atoms with Gasteiger partial charge in [-0.15, -0.1) is 0 Å². The summed E-state index contributed by atoms with van der Waals surface area (Å²) in [7, 11) is 0. The van der Waals surface area contributed by atoms with Gasteiger partial charge in [-0.2, -0.15) is 0 Å². The molecule has 0 aliphatic carbocycles. The summed E-state index contributed by atoms with van der Waals surface area (Å²) in [4.78, 5) is 16.8. The average Bonchev–Trinajstić information content (AvgIpc) is 2.68. The second-order valence-electron chi connectivity index (χ2n) is 6.24. The summed E-state index contributed by atoms with van der Waals surface area (Å²) in [6, 6.07) is 12.6. The maximum atomic E-state index is 13.8. The first-order chi connectivity index (χ1) is 13.3. The van der Waals surface area contributed by atoms with Crippen molar-refractivity contribution in [2.75, 3.05) is 0 Å². The minimum absolute atomic E-state index is 0.103. The third-order valence-corrected chi connectivity index (χ3v) is 4.22. The molecule has 1 amide bonds. The Labute approximate surface area is 159 Å². The number of carbonyl (C=O) groups is 1. The van der Waals surface area contributed by atoms with Crippen LogP contribution in [0, 0.1) is 12.7 Å². The average molecular weight is 386 g/mol. The van der Waals surface area contributed by atoms with Gasteiger partial charge in [0.05, 0.1) is 6.04 Å². The number of carbonyl (C=O) groups excluding carboxylic acids is 1. The van der Waals surface area contributed by atoms with E-state index in [-0.39, 0.29) is 22.6 Å². The highest BCUT2D eigenvalue weighted by Gasteiger charge is 2.22. The van der Waals surface area contributed by atoms with Crippen molar-refractivity contribution in [1.82, 2.24) is 10.3 Å². The normalized spacial score (nSPS) is 12.0. The highest BCUT2D eigenvalue weighted by atomic mass is 19.3. The molecular weight excluding hydrogens is 369 g/mol. The van der Waals surface area contributed by atoms with Crippen LogP contribution in [0.25, 0.3) is 0 Å². The monoisotopic (exact) mass is 386 g/mol. The predicted octanol–water partition coefficient (Wildman–Crippen LogP) is 4.69. The quantitative estimate of drug-likeness (QED) is 0.669. The van der Waals surface area contributed by atoms with Crippen molar-refractivity contribution in [2.24, 2.45) is 0 Å². The lowest BCUT2D eigenvalue weighted by Crippen LogP contribution is -2.30. The van der Waals surface area contributed by atoms with Crippen LogP contribution in [-0.2, 0) is 0 Å². The fraction of sp³-hybridized carbons (Fsp3) is 0.143. The van der Waals surface area contributed by atoms with Crippen molar-refractivity contribution in [3.05, 3.63) is 94.6 Å². The largest absolute Gasteiger partial charge is 0.508 e. The van der Waals surface area contributed by atoms with E-state index in [0.717, 1.165) is 12.1 Å². The van der Waals surface area contributed by atoms with E-state index in [1.807, 2.05) is 0 Å². The Balaban J connectivity index is 2.01. The van der Waals surface area contributed by atoms with Crippen molar-refractivity contribution < 1.29 is 23.1 Å². The summed E-state index contributed by atoms with van der Waals surface area (Å²) >= 11 is 0. The van der Waals surface area contributed by atoms with Crippen molar-refractivity contribution in [2.45, 2.75) is 19.4 Å². The van der Waals surface area contributed by atoms with Gasteiger partial charge in [0.15, 0.2) is 0 Å². The summed E-state index contributed by atoms with van der Waals surface area (Å²) in [5.41, 5.74) is 1.11. The van der Waals surface area contributed by atoms with Gasteiger partial charge in [0.25, 0.3) is 12.3 Å². The molecule has 0 spiro atoms. The zero-order valence-corrected chi connectivity index (χ0v) is 14.9. The van der Waals surface area contributed by atoms with Crippen LogP contribution in [0.2, 0.25) is 0 Å². The number of nitrogens with zero attached hydrogens (tertiary/aromatic N) is 1. The predicted molar refractivity (Wildman–Crippen MR) is 97.7 cm³/mol. The smallest absolute Gasteiger partial charge is 0.270 e. The van der Waals surface area contributed by atoms with Crippen molar-refractivity contribution >= 4 is 5.91 Å². The van der Waals surface area contributed by atoms with E-state index in [0.29, 0.717) is 11.3 Å². The number of pyridine rings is 1. The van der Waals surface area contributed by atoms with E-state index in [4.69, 9.17) is 0 Å². The van der Waals surface area contributed by atoms with Gasteiger partial charge in [-0.3, -0.25) is 4.79 Å². The number of amides is 1. The number of hydrogen-bond donors (Lipinski definition) is 2. The zero-order chi connectivity index (χ0) is 20.3. The Morgan fingerprint density at radius 2 is 1.71 bits per heavy atom. The van der Waals surface area contributed by atoms with E-state index in [2.05, 4.69) is 10.3 Å². The van der Waals surface area contributed by atoms with Crippen LogP contribution < -0.4 is 5.32 Å². The van der Waals surface area contributed by atoms with Crippen molar-refractivity contribution in [3.8, 4) is 5.75 Å². The van der Waals surface area contributed by atoms with E-state index in [9.17, 15) is 23.1 Å². The van der Waals surface area contributed by atoms with Crippen LogP contribution in [0.4, 0.5) is 13.2 Å². The van der Waals surface area contributed by atoms with E-state index in [1.54, 1.807) is 19.1 Å². The molecule has 0 saturated heterocycles. The lowest BCUT2D eigenvalue weighted by molar-refractivity contribution is 0.0937. The van der Waals surface area contributed by atoms with Crippen molar-refractivity contribution in [1.29, 1.82) is 0 Å². The first kappa shape index (κ1) is 19.4. The summed E-state index contributed by atoms with van der Waals surface area (Å²) in [6.45, 7) is 1.73. The molecule has 0 bridgehead atoms. The molecule has 0 saturated carbocycles. The first-order valence-corrected chi connectivity index (χ1v) is 8.46. The molecule has 2 aromatic carbocycles. The van der Waals surface area contributed by atoms with Crippen LogP contribution in [0.15, 0.2) is 60.7 Å². The molecule has 0 radical (unpaired) electrons. The number of nitrogens with one attached hydrogen (secondary N) is 1. The fourth-order valence-electron chi connectivity index (χ4n) is 2.81. The molecule has 2 N–H and O–H groups in total. The number of halogens is 3. The van der Waals surface area contributed by atoms with E-state index in [1.165, 1.54) is 36.4 Å². The summed E-state index contributed by atoms with van der Waals surface area (Å²) in [5.74, 6) is -1.39. The Hall–Kier alpha value is -3.35. The maximum absolute atomic E-state index is 13.8. The fourth-order valence-corrected chi connectivity index (χ4v) is 2.81. The lowest BCUT2D eigenvalue weighted by atomic mass is 9.96. The third-order valence-electron chi connectivity index (χ3n) is 4.22. The molecule has 1 atom stereocenters. The molecule has 0 fully saturated rings. The molecule has 144 valence electrons. The molecule has 0 unspecified atom stereocenters. The number of alkyl halides is 2. The second kappa shape index (κ2) is 8.12. The van der Waals surface area contributed by atoms with Gasteiger partial charge in [-0.05, 0) is 42.8 Å². The Bertz CT molecular complexity index is 991. The molecule has 1 heterocycles. The van der Waals surface area contributed by atoms with Gasteiger partial charge in [0, 0.05) is 16.8 Å². The van der Waals surface area contributed by atoms with Crippen LogP contribution in [-0.4, -0.2) is 16.0 Å². The van der Waals surface area contributed by atoms with Gasteiger partial charge < -0.3 is 10.4 Å². The molecule has 3 aromatic rings. The summed E-state index contributed by atoms with van der Waals surface area (Å²) in [5, 5.41) is 12.9. The van der Waals surface area contributed by atoms with Gasteiger partial charge >= 0.3 is 0 Å². The number of aromatic nitrogens is 1. The summed E-state index contributed by atoms with van der Waals surface area (Å²) in [6.07, 6.45) is -2.64. The number of phenolic OH excluding ortho intramolecular Hbond substituents is 1.